The lowest BCUT2D eigenvalue weighted by molar-refractivity contribution is -0.147. The van der Waals surface area contributed by atoms with E-state index < -0.39 is 11.5 Å². The fourth-order valence-corrected chi connectivity index (χ4v) is 3.51. The van der Waals surface area contributed by atoms with Crippen molar-refractivity contribution < 1.29 is 24.2 Å². The summed E-state index contributed by atoms with van der Waals surface area (Å²) in [6, 6.07) is -0.137. The number of hydrogen-bond donors (Lipinski definition) is 2. The minimum Gasteiger partial charge on any atom is -0.463 e. The van der Waals surface area contributed by atoms with Gasteiger partial charge < -0.3 is 20.1 Å². The van der Waals surface area contributed by atoms with Crippen LogP contribution < -0.4 is 5.32 Å². The Balaban J connectivity index is 2.07. The molecule has 1 fully saturated rings. The molecule has 0 spiro atoms. The van der Waals surface area contributed by atoms with Gasteiger partial charge in [0, 0.05) is 19.4 Å². The van der Waals surface area contributed by atoms with Crippen LogP contribution in [-0.4, -0.2) is 59.1 Å². The summed E-state index contributed by atoms with van der Waals surface area (Å²) in [5.74, 6) is -1.05. The van der Waals surface area contributed by atoms with Gasteiger partial charge in [0.15, 0.2) is 0 Å². The molecule has 2 heterocycles. The molecular weight excluding hydrogens is 348 g/mol. The predicted molar refractivity (Wildman–Crippen MR) is 101 cm³/mol. The molecule has 2 unspecified atom stereocenters. The second kappa shape index (κ2) is 9.88. The van der Waals surface area contributed by atoms with Crippen LogP contribution in [0.3, 0.4) is 0 Å². The van der Waals surface area contributed by atoms with E-state index in [4.69, 9.17) is 4.74 Å². The van der Waals surface area contributed by atoms with E-state index in [2.05, 4.69) is 5.32 Å². The molecule has 27 heavy (non-hydrogen) atoms. The van der Waals surface area contributed by atoms with Gasteiger partial charge in [0.25, 0.3) is 0 Å². The normalized spacial score (nSPS) is 27.1. The van der Waals surface area contributed by atoms with Crippen LogP contribution in [0, 0.1) is 5.92 Å². The summed E-state index contributed by atoms with van der Waals surface area (Å²) in [7, 11) is 0. The maximum Gasteiger partial charge on any atom is 0.305 e. The second-order valence-electron chi connectivity index (χ2n) is 8.10. The number of nitrogens with zero attached hydrogens (tertiary/aromatic N) is 1. The lowest BCUT2D eigenvalue weighted by atomic mass is 9.96. The monoisotopic (exact) mass is 380 g/mol. The van der Waals surface area contributed by atoms with Crippen LogP contribution in [0.4, 0.5) is 0 Å². The first-order chi connectivity index (χ1) is 12.8. The summed E-state index contributed by atoms with van der Waals surface area (Å²) in [6.07, 6.45) is 7.93. The molecule has 2 rings (SSSR count). The van der Waals surface area contributed by atoms with Crippen molar-refractivity contribution in [2.24, 2.45) is 5.92 Å². The fraction of sp³-hybridized carbons (Fsp3) is 0.750. The molecule has 7 nitrogen and oxygen atoms in total. The largest absolute Gasteiger partial charge is 0.463 e. The van der Waals surface area contributed by atoms with Gasteiger partial charge in [0.05, 0.1) is 24.1 Å². The number of rotatable bonds is 3. The number of carbonyl (C=O) groups excluding carboxylic acids is 3. The van der Waals surface area contributed by atoms with Crippen molar-refractivity contribution in [1.82, 2.24) is 10.2 Å². The second-order valence-corrected chi connectivity index (χ2v) is 8.10. The molecule has 0 bridgehead atoms. The number of nitrogens with one attached hydrogen (secondary N) is 1. The average Bonchev–Trinajstić information content (AvgIpc) is 3.09. The number of likely N-dealkylation sites (tertiary alicyclic amines) is 1. The minimum atomic E-state index is -0.701. The third-order valence-corrected chi connectivity index (χ3v) is 5.09. The van der Waals surface area contributed by atoms with Crippen LogP contribution in [0.5, 0.6) is 0 Å². The number of aliphatic hydroxyl groups is 1. The highest BCUT2D eigenvalue weighted by molar-refractivity contribution is 5.86. The van der Waals surface area contributed by atoms with Crippen LogP contribution in [0.25, 0.3) is 0 Å². The van der Waals surface area contributed by atoms with Crippen molar-refractivity contribution in [2.45, 2.75) is 70.4 Å². The fourth-order valence-electron chi connectivity index (χ4n) is 3.51. The van der Waals surface area contributed by atoms with Crippen LogP contribution in [-0.2, 0) is 19.1 Å². The highest BCUT2D eigenvalue weighted by atomic mass is 16.5. The number of aliphatic hydroxyl groups excluding tert-OH is 1. The van der Waals surface area contributed by atoms with Crippen molar-refractivity contribution >= 4 is 17.8 Å². The van der Waals surface area contributed by atoms with E-state index in [1.54, 1.807) is 18.7 Å². The van der Waals surface area contributed by atoms with Gasteiger partial charge in [0.2, 0.25) is 11.8 Å². The number of carbonyl (C=O) groups is 3. The molecule has 0 saturated carbocycles. The lowest BCUT2D eigenvalue weighted by Crippen LogP contribution is -2.50. The van der Waals surface area contributed by atoms with E-state index in [9.17, 15) is 19.5 Å². The van der Waals surface area contributed by atoms with E-state index in [-0.39, 0.29) is 43.5 Å². The van der Waals surface area contributed by atoms with E-state index in [1.807, 2.05) is 12.2 Å². The molecule has 2 atom stereocenters. The van der Waals surface area contributed by atoms with E-state index in [0.29, 0.717) is 25.8 Å². The summed E-state index contributed by atoms with van der Waals surface area (Å²) >= 11 is 0. The molecule has 0 aromatic heterocycles. The van der Waals surface area contributed by atoms with Crippen LogP contribution in [0.1, 0.15) is 58.8 Å². The molecule has 1 saturated heterocycles. The lowest BCUT2D eigenvalue weighted by Gasteiger charge is -2.29. The summed E-state index contributed by atoms with van der Waals surface area (Å²) in [4.78, 5) is 39.0. The zero-order chi connectivity index (χ0) is 19.9. The molecule has 0 aromatic rings. The number of cyclic esters (lactones) is 1. The minimum absolute atomic E-state index is 0.0408. The molecule has 0 aliphatic carbocycles. The first-order valence-corrected chi connectivity index (χ1v) is 9.85. The first kappa shape index (κ1) is 21.4. The Bertz CT molecular complexity index is 573. The van der Waals surface area contributed by atoms with Gasteiger partial charge in [-0.3, -0.25) is 14.4 Å². The van der Waals surface area contributed by atoms with E-state index in [1.165, 1.54) is 0 Å². The molecule has 2 amide bonds. The van der Waals surface area contributed by atoms with Crippen molar-refractivity contribution in [3.05, 3.63) is 12.2 Å². The molecule has 152 valence electrons. The van der Waals surface area contributed by atoms with Crippen LogP contribution in [0.15, 0.2) is 12.2 Å². The molecule has 2 aliphatic rings. The van der Waals surface area contributed by atoms with Gasteiger partial charge in [-0.1, -0.05) is 12.2 Å². The third kappa shape index (κ3) is 6.65. The Kier molecular flexibility index (Phi) is 7.83. The number of esters is 1. The number of ether oxygens (including phenoxy) is 1. The third-order valence-electron chi connectivity index (χ3n) is 5.09. The Hall–Kier alpha value is -1.89. The van der Waals surface area contributed by atoms with E-state index in [0.717, 1.165) is 19.3 Å². The summed E-state index contributed by atoms with van der Waals surface area (Å²) < 4.78 is 5.26. The first-order valence-electron chi connectivity index (χ1n) is 9.85. The Morgan fingerprint density at radius 3 is 2.85 bits per heavy atom. The highest BCUT2D eigenvalue weighted by Gasteiger charge is 2.33. The van der Waals surface area contributed by atoms with Gasteiger partial charge in [-0.15, -0.1) is 0 Å². The summed E-state index contributed by atoms with van der Waals surface area (Å²) in [5.41, 5.74) is -0.701. The highest BCUT2D eigenvalue weighted by Crippen LogP contribution is 2.22. The van der Waals surface area contributed by atoms with Crippen molar-refractivity contribution in [1.29, 1.82) is 0 Å². The maximum atomic E-state index is 12.8. The summed E-state index contributed by atoms with van der Waals surface area (Å²) in [6.45, 7) is 4.30. The van der Waals surface area contributed by atoms with E-state index >= 15 is 0 Å². The Labute approximate surface area is 161 Å². The quantitative estimate of drug-likeness (QED) is 0.572. The van der Waals surface area contributed by atoms with Crippen LogP contribution >= 0.6 is 0 Å². The standard InChI is InChI=1S/C20H32N2O5/c1-20(2)14-27-18(25)10-6-4-3-5-8-15(19(26)21-20)12-17(24)22-11-7-9-16(22)13-23/h3,5,15-16,23H,4,6-14H2,1-2H3,(H,21,26). The smallest absolute Gasteiger partial charge is 0.305 e. The molecule has 0 aromatic carbocycles. The van der Waals surface area contributed by atoms with Gasteiger partial charge in [-0.05, 0) is 46.0 Å². The van der Waals surface area contributed by atoms with Crippen molar-refractivity contribution in [3.63, 3.8) is 0 Å². The topological polar surface area (TPSA) is 95.9 Å². The average molecular weight is 380 g/mol. The zero-order valence-corrected chi connectivity index (χ0v) is 16.4. The predicted octanol–water partition coefficient (Wildman–Crippen LogP) is 1.54. The van der Waals surface area contributed by atoms with Crippen molar-refractivity contribution in [3.8, 4) is 0 Å². The number of allylic oxidation sites excluding steroid dienone is 2. The Morgan fingerprint density at radius 1 is 1.33 bits per heavy atom. The van der Waals surface area contributed by atoms with Gasteiger partial charge >= 0.3 is 5.97 Å². The molecule has 7 heteroatoms. The Morgan fingerprint density at radius 2 is 2.11 bits per heavy atom. The molecule has 0 radical (unpaired) electrons. The molecular formula is C20H32N2O5. The number of amides is 2. The SMILES string of the molecule is CC1(C)COC(=O)CCCC=CCC(CC(=O)N2CCCC2CO)C(=O)N1. The van der Waals surface area contributed by atoms with Crippen LogP contribution in [0.2, 0.25) is 0 Å². The van der Waals surface area contributed by atoms with Gasteiger partial charge in [-0.25, -0.2) is 0 Å². The zero-order valence-electron chi connectivity index (χ0n) is 16.4. The molecule has 2 aliphatic heterocycles. The van der Waals surface area contributed by atoms with Crippen molar-refractivity contribution in [2.75, 3.05) is 19.8 Å². The summed E-state index contributed by atoms with van der Waals surface area (Å²) in [5, 5.41) is 12.4. The van der Waals surface area contributed by atoms with Gasteiger partial charge in [-0.2, -0.15) is 0 Å². The maximum absolute atomic E-state index is 12.8. The van der Waals surface area contributed by atoms with Gasteiger partial charge in [0.1, 0.15) is 6.61 Å². The molecule has 2 N–H and O–H groups in total. The number of hydrogen-bond acceptors (Lipinski definition) is 5.